The molecule has 0 saturated heterocycles. The van der Waals surface area contributed by atoms with E-state index < -0.39 is 11.6 Å². The van der Waals surface area contributed by atoms with Gasteiger partial charge in [-0.15, -0.1) is 0 Å². The SMILES string of the molecule is C/C(=N\Nc1ccc(F)cc1F)c1ccc(C2CCCCC2)cc1. The van der Waals surface area contributed by atoms with Crippen LogP contribution in [0.15, 0.2) is 47.6 Å². The molecule has 2 aromatic carbocycles. The average Bonchev–Trinajstić information content (AvgIpc) is 2.62. The number of hydrogen-bond donors (Lipinski definition) is 1. The summed E-state index contributed by atoms with van der Waals surface area (Å²) in [6.45, 7) is 1.87. The van der Waals surface area contributed by atoms with Crippen LogP contribution in [0.25, 0.3) is 0 Å². The van der Waals surface area contributed by atoms with Crippen molar-refractivity contribution in [2.75, 3.05) is 5.43 Å². The smallest absolute Gasteiger partial charge is 0.151 e. The van der Waals surface area contributed by atoms with E-state index in [-0.39, 0.29) is 5.69 Å². The van der Waals surface area contributed by atoms with Crippen molar-refractivity contribution in [2.24, 2.45) is 5.10 Å². The minimum Gasteiger partial charge on any atom is -0.275 e. The standard InChI is InChI=1S/C20H22F2N2/c1-14(23-24-20-12-11-18(21)13-19(20)22)15-7-9-17(10-8-15)16-5-3-2-4-6-16/h7-13,16,24H,2-6H2,1H3/b23-14+. The van der Waals surface area contributed by atoms with Gasteiger partial charge in [0, 0.05) is 6.07 Å². The molecule has 126 valence electrons. The van der Waals surface area contributed by atoms with Crippen LogP contribution >= 0.6 is 0 Å². The molecule has 0 heterocycles. The molecular weight excluding hydrogens is 306 g/mol. The number of hydrogen-bond acceptors (Lipinski definition) is 2. The van der Waals surface area contributed by atoms with E-state index in [2.05, 4.69) is 34.8 Å². The van der Waals surface area contributed by atoms with E-state index in [0.717, 1.165) is 17.3 Å². The van der Waals surface area contributed by atoms with Crippen molar-refractivity contribution < 1.29 is 8.78 Å². The summed E-state index contributed by atoms with van der Waals surface area (Å²) >= 11 is 0. The summed E-state index contributed by atoms with van der Waals surface area (Å²) in [7, 11) is 0. The summed E-state index contributed by atoms with van der Waals surface area (Å²) in [5.74, 6) is -0.576. The Morgan fingerprint density at radius 2 is 1.71 bits per heavy atom. The van der Waals surface area contributed by atoms with Crippen LogP contribution in [0.3, 0.4) is 0 Å². The zero-order valence-electron chi connectivity index (χ0n) is 13.9. The van der Waals surface area contributed by atoms with Crippen LogP contribution in [0.4, 0.5) is 14.5 Å². The molecule has 0 spiro atoms. The zero-order chi connectivity index (χ0) is 16.9. The van der Waals surface area contributed by atoms with Crippen LogP contribution in [-0.2, 0) is 0 Å². The molecule has 1 aliphatic rings. The Labute approximate surface area is 141 Å². The van der Waals surface area contributed by atoms with Crippen molar-refractivity contribution in [1.29, 1.82) is 0 Å². The molecule has 1 aliphatic carbocycles. The number of nitrogens with one attached hydrogen (secondary N) is 1. The van der Waals surface area contributed by atoms with E-state index in [1.807, 2.05) is 6.92 Å². The second-order valence-corrected chi connectivity index (χ2v) is 6.39. The number of anilines is 1. The van der Waals surface area contributed by atoms with Crippen molar-refractivity contribution in [3.63, 3.8) is 0 Å². The molecule has 1 N–H and O–H groups in total. The molecule has 0 bridgehead atoms. The Bertz CT molecular complexity index is 717. The van der Waals surface area contributed by atoms with Gasteiger partial charge in [0.05, 0.1) is 11.4 Å². The predicted molar refractivity (Wildman–Crippen MR) is 94.5 cm³/mol. The molecule has 0 radical (unpaired) electrons. The monoisotopic (exact) mass is 328 g/mol. The summed E-state index contributed by atoms with van der Waals surface area (Å²) in [5, 5.41) is 4.20. The van der Waals surface area contributed by atoms with Crippen LogP contribution in [0, 0.1) is 11.6 Å². The number of hydrazone groups is 1. The van der Waals surface area contributed by atoms with Gasteiger partial charge >= 0.3 is 0 Å². The largest absolute Gasteiger partial charge is 0.275 e. The van der Waals surface area contributed by atoms with E-state index in [4.69, 9.17) is 0 Å². The maximum atomic E-state index is 13.6. The molecule has 0 amide bonds. The fraction of sp³-hybridized carbons (Fsp3) is 0.350. The van der Waals surface area contributed by atoms with Crippen molar-refractivity contribution in [3.05, 3.63) is 65.2 Å². The van der Waals surface area contributed by atoms with Gasteiger partial charge in [-0.3, -0.25) is 5.43 Å². The van der Waals surface area contributed by atoms with Crippen molar-refractivity contribution in [1.82, 2.24) is 0 Å². The summed E-state index contributed by atoms with van der Waals surface area (Å²) in [6.07, 6.45) is 6.54. The van der Waals surface area contributed by atoms with Gasteiger partial charge in [0.15, 0.2) is 5.82 Å². The lowest BCUT2D eigenvalue weighted by atomic mass is 9.84. The average molecular weight is 328 g/mol. The van der Waals surface area contributed by atoms with Gasteiger partial charge < -0.3 is 0 Å². The maximum absolute atomic E-state index is 13.6. The van der Waals surface area contributed by atoms with Crippen molar-refractivity contribution in [3.8, 4) is 0 Å². The van der Waals surface area contributed by atoms with E-state index >= 15 is 0 Å². The first-order valence-corrected chi connectivity index (χ1v) is 8.49. The third-order valence-electron chi connectivity index (χ3n) is 4.68. The van der Waals surface area contributed by atoms with Crippen molar-refractivity contribution >= 4 is 11.4 Å². The van der Waals surface area contributed by atoms with Gasteiger partial charge in [-0.2, -0.15) is 5.10 Å². The molecule has 0 aliphatic heterocycles. The van der Waals surface area contributed by atoms with Crippen LogP contribution in [0.2, 0.25) is 0 Å². The Morgan fingerprint density at radius 3 is 2.38 bits per heavy atom. The highest BCUT2D eigenvalue weighted by Gasteiger charge is 2.15. The Kier molecular flexibility index (Phi) is 5.24. The first-order valence-electron chi connectivity index (χ1n) is 8.49. The predicted octanol–water partition coefficient (Wildman–Crippen LogP) is 5.85. The van der Waals surface area contributed by atoms with Crippen LogP contribution in [0.1, 0.15) is 56.1 Å². The molecule has 2 aromatic rings. The van der Waals surface area contributed by atoms with Crippen LogP contribution in [0.5, 0.6) is 0 Å². The first kappa shape index (κ1) is 16.6. The lowest BCUT2D eigenvalue weighted by molar-refractivity contribution is 0.443. The zero-order valence-corrected chi connectivity index (χ0v) is 13.9. The summed E-state index contributed by atoms with van der Waals surface area (Å²) in [5.41, 5.74) is 5.97. The second-order valence-electron chi connectivity index (χ2n) is 6.39. The first-order chi connectivity index (χ1) is 11.6. The fourth-order valence-corrected chi connectivity index (χ4v) is 3.22. The number of nitrogens with zero attached hydrogens (tertiary/aromatic N) is 1. The number of rotatable bonds is 4. The van der Waals surface area contributed by atoms with E-state index in [1.54, 1.807) is 0 Å². The van der Waals surface area contributed by atoms with Gasteiger partial charge in [-0.1, -0.05) is 43.5 Å². The normalized spacial score (nSPS) is 16.2. The molecule has 2 nitrogen and oxygen atoms in total. The van der Waals surface area contributed by atoms with Crippen LogP contribution in [-0.4, -0.2) is 5.71 Å². The third-order valence-corrected chi connectivity index (χ3v) is 4.68. The quantitative estimate of drug-likeness (QED) is 0.552. The molecule has 0 atom stereocenters. The van der Waals surface area contributed by atoms with E-state index in [9.17, 15) is 8.78 Å². The van der Waals surface area contributed by atoms with Crippen molar-refractivity contribution in [2.45, 2.75) is 44.9 Å². The molecule has 1 saturated carbocycles. The Hall–Kier alpha value is -2.23. The summed E-state index contributed by atoms with van der Waals surface area (Å²) in [4.78, 5) is 0. The van der Waals surface area contributed by atoms with Gasteiger partial charge in [0.25, 0.3) is 0 Å². The highest BCUT2D eigenvalue weighted by atomic mass is 19.1. The fourth-order valence-electron chi connectivity index (χ4n) is 3.22. The molecule has 0 aromatic heterocycles. The van der Waals surface area contributed by atoms with Gasteiger partial charge in [0.2, 0.25) is 0 Å². The van der Waals surface area contributed by atoms with E-state index in [1.165, 1.54) is 49.8 Å². The van der Waals surface area contributed by atoms with Gasteiger partial charge in [0.1, 0.15) is 5.82 Å². The molecule has 0 unspecified atom stereocenters. The summed E-state index contributed by atoms with van der Waals surface area (Å²) < 4.78 is 26.5. The molecule has 3 rings (SSSR count). The molecule has 24 heavy (non-hydrogen) atoms. The van der Waals surface area contributed by atoms with Gasteiger partial charge in [-0.05, 0) is 48.9 Å². The maximum Gasteiger partial charge on any atom is 0.151 e. The minimum absolute atomic E-state index is 0.162. The van der Waals surface area contributed by atoms with Crippen LogP contribution < -0.4 is 5.43 Å². The minimum atomic E-state index is -0.654. The lowest BCUT2D eigenvalue weighted by Gasteiger charge is -2.22. The molecule has 4 heteroatoms. The Morgan fingerprint density at radius 1 is 1.00 bits per heavy atom. The molecular formula is C20H22F2N2. The lowest BCUT2D eigenvalue weighted by Crippen LogP contribution is -2.05. The number of halogens is 2. The number of benzene rings is 2. The third kappa shape index (κ3) is 3.99. The topological polar surface area (TPSA) is 24.4 Å². The van der Waals surface area contributed by atoms with Gasteiger partial charge in [-0.25, -0.2) is 8.78 Å². The highest BCUT2D eigenvalue weighted by Crippen LogP contribution is 2.32. The Balaban J connectivity index is 1.68. The van der Waals surface area contributed by atoms with E-state index in [0.29, 0.717) is 5.92 Å². The second kappa shape index (κ2) is 7.56. The summed E-state index contributed by atoms with van der Waals surface area (Å²) in [6, 6.07) is 11.8. The highest BCUT2D eigenvalue weighted by molar-refractivity contribution is 5.99. The molecule has 1 fully saturated rings.